The molecule has 0 saturated carbocycles. The van der Waals surface area contributed by atoms with Crippen molar-refractivity contribution >= 4 is 23.3 Å². The molecule has 150 valence electrons. The highest BCUT2D eigenvalue weighted by atomic mass is 35.5. The number of urea groups is 1. The van der Waals surface area contributed by atoms with Crippen molar-refractivity contribution in [2.24, 2.45) is 0 Å². The average Bonchev–Trinajstić information content (AvgIpc) is 2.73. The number of benzene rings is 2. The number of hydrogen-bond acceptors (Lipinski definition) is 3. The van der Waals surface area contributed by atoms with Gasteiger partial charge in [0.25, 0.3) is 0 Å². The molecule has 0 aliphatic carbocycles. The van der Waals surface area contributed by atoms with Crippen molar-refractivity contribution < 1.29 is 9.53 Å². The molecule has 0 aromatic heterocycles. The topological polar surface area (TPSA) is 44.8 Å². The Kier molecular flexibility index (Phi) is 7.18. The van der Waals surface area contributed by atoms with E-state index >= 15 is 0 Å². The summed E-state index contributed by atoms with van der Waals surface area (Å²) >= 11 is 6.07. The Morgan fingerprint density at radius 1 is 1.29 bits per heavy atom. The lowest BCUT2D eigenvalue weighted by molar-refractivity contribution is 0.133. The van der Waals surface area contributed by atoms with Crippen LogP contribution in [-0.2, 0) is 6.42 Å². The molecule has 2 amide bonds. The summed E-state index contributed by atoms with van der Waals surface area (Å²) < 4.78 is 5.32. The number of halogens is 1. The molecule has 0 spiro atoms. The molecule has 5 nitrogen and oxygen atoms in total. The molecule has 6 heteroatoms. The van der Waals surface area contributed by atoms with Crippen molar-refractivity contribution in [3.63, 3.8) is 0 Å². The van der Waals surface area contributed by atoms with Crippen LogP contribution in [0.25, 0.3) is 0 Å². The van der Waals surface area contributed by atoms with E-state index in [0.717, 1.165) is 38.9 Å². The minimum absolute atomic E-state index is 0.110. The van der Waals surface area contributed by atoms with E-state index in [0.29, 0.717) is 22.5 Å². The fraction of sp³-hybridized carbons (Fsp3) is 0.409. The molecule has 28 heavy (non-hydrogen) atoms. The molecule has 0 unspecified atom stereocenters. The number of carbonyl (C=O) groups is 1. The summed E-state index contributed by atoms with van der Waals surface area (Å²) in [5, 5.41) is 3.51. The molecular formula is C22H28ClN3O2. The fourth-order valence-corrected chi connectivity index (χ4v) is 3.78. The van der Waals surface area contributed by atoms with Gasteiger partial charge < -0.3 is 19.9 Å². The van der Waals surface area contributed by atoms with E-state index in [9.17, 15) is 4.79 Å². The van der Waals surface area contributed by atoms with Crippen molar-refractivity contribution in [1.82, 2.24) is 9.80 Å². The van der Waals surface area contributed by atoms with Gasteiger partial charge in [0.2, 0.25) is 0 Å². The zero-order chi connectivity index (χ0) is 19.9. The van der Waals surface area contributed by atoms with E-state index in [1.54, 1.807) is 25.3 Å². The Morgan fingerprint density at radius 3 is 2.82 bits per heavy atom. The normalized spacial score (nSPS) is 16.9. The monoisotopic (exact) mass is 401 g/mol. The van der Waals surface area contributed by atoms with Gasteiger partial charge in [-0.15, -0.1) is 0 Å². The smallest absolute Gasteiger partial charge is 0.322 e. The minimum Gasteiger partial charge on any atom is -0.495 e. The Labute approximate surface area is 172 Å². The highest BCUT2D eigenvalue weighted by molar-refractivity contribution is 6.31. The van der Waals surface area contributed by atoms with E-state index in [1.807, 2.05) is 11.0 Å². The van der Waals surface area contributed by atoms with Gasteiger partial charge in [0.1, 0.15) is 5.75 Å². The zero-order valence-corrected chi connectivity index (χ0v) is 17.3. The summed E-state index contributed by atoms with van der Waals surface area (Å²) in [6.07, 6.45) is 3.12. The van der Waals surface area contributed by atoms with Gasteiger partial charge in [0.15, 0.2) is 0 Å². The van der Waals surface area contributed by atoms with Crippen molar-refractivity contribution in [1.29, 1.82) is 0 Å². The van der Waals surface area contributed by atoms with E-state index < -0.39 is 0 Å². The van der Waals surface area contributed by atoms with E-state index in [1.165, 1.54) is 5.56 Å². The summed E-state index contributed by atoms with van der Waals surface area (Å²) in [5.41, 5.74) is 1.94. The average molecular weight is 402 g/mol. The Balaban J connectivity index is 1.56. The molecule has 1 N–H and O–H groups in total. The second kappa shape index (κ2) is 9.80. The van der Waals surface area contributed by atoms with E-state index in [-0.39, 0.29) is 6.03 Å². The largest absolute Gasteiger partial charge is 0.495 e. The number of anilines is 1. The first-order chi connectivity index (χ1) is 13.6. The van der Waals surface area contributed by atoms with Crippen LogP contribution < -0.4 is 10.1 Å². The maximum Gasteiger partial charge on any atom is 0.322 e. The third kappa shape index (κ3) is 5.40. The number of hydrogen-bond donors (Lipinski definition) is 1. The van der Waals surface area contributed by atoms with E-state index in [2.05, 4.69) is 41.5 Å². The quantitative estimate of drug-likeness (QED) is 0.774. The number of carbonyl (C=O) groups excluding carboxylic acids is 1. The van der Waals surface area contributed by atoms with Crippen LogP contribution in [-0.4, -0.2) is 55.7 Å². The van der Waals surface area contributed by atoms with Crippen LogP contribution in [0.2, 0.25) is 5.02 Å². The standard InChI is InChI=1S/C22H28ClN3O2/c1-25(14-12-17-7-4-3-5-8-17)19-9-6-13-26(16-19)22(27)24-20-15-18(23)10-11-21(20)28-2/h3-5,7-8,10-11,15,19H,6,9,12-14,16H2,1-2H3,(H,24,27)/t19-/m0/s1. The molecule has 1 saturated heterocycles. The molecule has 1 fully saturated rings. The lowest BCUT2D eigenvalue weighted by Crippen LogP contribution is -2.50. The molecule has 1 aliphatic heterocycles. The molecule has 2 aromatic rings. The third-order valence-electron chi connectivity index (χ3n) is 5.31. The zero-order valence-electron chi connectivity index (χ0n) is 16.5. The van der Waals surface area contributed by atoms with Gasteiger partial charge in [0.05, 0.1) is 12.8 Å². The molecule has 0 bridgehead atoms. The van der Waals surface area contributed by atoms with Crippen LogP contribution in [0.15, 0.2) is 48.5 Å². The van der Waals surface area contributed by atoms with Crippen LogP contribution in [0.5, 0.6) is 5.75 Å². The second-order valence-corrected chi connectivity index (χ2v) is 7.67. The summed E-state index contributed by atoms with van der Waals surface area (Å²) in [6.45, 7) is 2.46. The summed E-state index contributed by atoms with van der Waals surface area (Å²) in [7, 11) is 3.73. The first-order valence-corrected chi connectivity index (χ1v) is 10.1. The number of amides is 2. The highest BCUT2D eigenvalue weighted by Crippen LogP contribution is 2.28. The van der Waals surface area contributed by atoms with Gasteiger partial charge in [-0.05, 0) is 50.1 Å². The third-order valence-corrected chi connectivity index (χ3v) is 5.54. The van der Waals surface area contributed by atoms with Crippen molar-refractivity contribution in [2.75, 3.05) is 39.1 Å². The molecule has 1 aliphatic rings. The highest BCUT2D eigenvalue weighted by Gasteiger charge is 2.26. The summed E-state index contributed by atoms with van der Waals surface area (Å²) in [6, 6.07) is 16.0. The summed E-state index contributed by atoms with van der Waals surface area (Å²) in [5.74, 6) is 0.603. The number of nitrogens with zero attached hydrogens (tertiary/aromatic N) is 2. The number of likely N-dealkylation sites (tertiary alicyclic amines) is 1. The number of rotatable bonds is 6. The first kappa shape index (κ1) is 20.5. The number of nitrogens with one attached hydrogen (secondary N) is 1. The minimum atomic E-state index is -0.110. The number of piperidine rings is 1. The number of ether oxygens (including phenoxy) is 1. The van der Waals surface area contributed by atoms with Gasteiger partial charge in [-0.25, -0.2) is 4.79 Å². The predicted molar refractivity (Wildman–Crippen MR) is 114 cm³/mol. The SMILES string of the molecule is COc1ccc(Cl)cc1NC(=O)N1CCC[C@H](N(C)CCc2ccccc2)C1. The maximum atomic E-state index is 12.8. The molecule has 0 radical (unpaired) electrons. The van der Waals surface area contributed by atoms with Gasteiger partial charge in [0, 0.05) is 30.7 Å². The molecular weight excluding hydrogens is 374 g/mol. The van der Waals surface area contributed by atoms with Crippen LogP contribution in [0.1, 0.15) is 18.4 Å². The summed E-state index contributed by atoms with van der Waals surface area (Å²) in [4.78, 5) is 17.0. The molecule has 1 heterocycles. The van der Waals surface area contributed by atoms with Gasteiger partial charge in [-0.3, -0.25) is 0 Å². The van der Waals surface area contributed by atoms with Crippen LogP contribution >= 0.6 is 11.6 Å². The number of likely N-dealkylation sites (N-methyl/N-ethyl adjacent to an activating group) is 1. The van der Waals surface area contributed by atoms with E-state index in [4.69, 9.17) is 16.3 Å². The molecule has 2 aromatic carbocycles. The number of methoxy groups -OCH3 is 1. The van der Waals surface area contributed by atoms with Crippen molar-refractivity contribution in [3.8, 4) is 5.75 Å². The van der Waals surface area contributed by atoms with Gasteiger partial charge in [-0.2, -0.15) is 0 Å². The second-order valence-electron chi connectivity index (χ2n) is 7.23. The Morgan fingerprint density at radius 2 is 2.07 bits per heavy atom. The van der Waals surface area contributed by atoms with Crippen LogP contribution in [0.4, 0.5) is 10.5 Å². The lowest BCUT2D eigenvalue weighted by Gasteiger charge is -2.37. The van der Waals surface area contributed by atoms with Crippen LogP contribution in [0, 0.1) is 0 Å². The lowest BCUT2D eigenvalue weighted by atomic mass is 10.0. The van der Waals surface area contributed by atoms with Gasteiger partial charge in [-0.1, -0.05) is 41.9 Å². The Bertz CT molecular complexity index is 785. The van der Waals surface area contributed by atoms with Crippen LogP contribution in [0.3, 0.4) is 0 Å². The van der Waals surface area contributed by atoms with Gasteiger partial charge >= 0.3 is 6.03 Å². The molecule has 3 rings (SSSR count). The Hall–Kier alpha value is -2.24. The first-order valence-electron chi connectivity index (χ1n) is 9.70. The molecule has 1 atom stereocenters. The van der Waals surface area contributed by atoms with Crippen molar-refractivity contribution in [2.45, 2.75) is 25.3 Å². The maximum absolute atomic E-state index is 12.8. The fourth-order valence-electron chi connectivity index (χ4n) is 3.60. The van der Waals surface area contributed by atoms with Crippen molar-refractivity contribution in [3.05, 3.63) is 59.1 Å². The predicted octanol–water partition coefficient (Wildman–Crippen LogP) is 4.52.